The lowest BCUT2D eigenvalue weighted by atomic mass is 9.81. The van der Waals surface area contributed by atoms with Crippen molar-refractivity contribution in [3.63, 3.8) is 0 Å². The minimum Gasteiger partial charge on any atom is -0.331 e. The van der Waals surface area contributed by atoms with Crippen molar-refractivity contribution in [1.29, 1.82) is 0 Å². The third-order valence-corrected chi connectivity index (χ3v) is 4.70. The second-order valence-electron chi connectivity index (χ2n) is 6.16. The molecule has 1 aromatic carbocycles. The summed E-state index contributed by atoms with van der Waals surface area (Å²) in [7, 11) is 0. The van der Waals surface area contributed by atoms with Gasteiger partial charge in [-0.05, 0) is 37.5 Å². The van der Waals surface area contributed by atoms with Gasteiger partial charge >= 0.3 is 12.1 Å². The van der Waals surface area contributed by atoms with Gasteiger partial charge in [0.05, 0.1) is 5.41 Å². The predicted molar refractivity (Wildman–Crippen MR) is 94.3 cm³/mol. The standard InChI is InChI=1S/C18H26F3N3O2/c1-4-17(5-2,12-22)15(25)23-14-9-7-8-13(10-14)11-24(6-3)16(26)18(19,20)21/h7-10H,4-6,11-12,22H2,1-3H3,(H,23,25). The van der Waals surface area contributed by atoms with Crippen LogP contribution < -0.4 is 11.1 Å². The molecular formula is C18H26F3N3O2. The number of benzene rings is 1. The Hall–Kier alpha value is -2.09. The van der Waals surface area contributed by atoms with E-state index in [9.17, 15) is 22.8 Å². The lowest BCUT2D eigenvalue weighted by molar-refractivity contribution is -0.185. The van der Waals surface area contributed by atoms with E-state index in [0.717, 1.165) is 0 Å². The van der Waals surface area contributed by atoms with Gasteiger partial charge < -0.3 is 16.0 Å². The lowest BCUT2D eigenvalue weighted by Crippen LogP contribution is -2.41. The van der Waals surface area contributed by atoms with Crippen LogP contribution in [-0.4, -0.2) is 36.0 Å². The topological polar surface area (TPSA) is 75.4 Å². The second kappa shape index (κ2) is 9.02. The van der Waals surface area contributed by atoms with Crippen LogP contribution in [-0.2, 0) is 16.1 Å². The molecule has 3 N–H and O–H groups in total. The zero-order chi connectivity index (χ0) is 20.0. The minimum absolute atomic E-state index is 0.0725. The monoisotopic (exact) mass is 373 g/mol. The van der Waals surface area contributed by atoms with Crippen LogP contribution in [0.4, 0.5) is 18.9 Å². The number of hydrogen-bond acceptors (Lipinski definition) is 3. The van der Waals surface area contributed by atoms with E-state index in [1.165, 1.54) is 6.92 Å². The smallest absolute Gasteiger partial charge is 0.331 e. The predicted octanol–water partition coefficient (Wildman–Crippen LogP) is 3.30. The molecule has 0 aromatic heterocycles. The Kier molecular flexibility index (Phi) is 7.62. The van der Waals surface area contributed by atoms with Gasteiger partial charge in [-0.15, -0.1) is 0 Å². The van der Waals surface area contributed by atoms with E-state index in [-0.39, 0.29) is 25.5 Å². The molecule has 0 saturated heterocycles. The van der Waals surface area contributed by atoms with Crippen LogP contribution in [0.15, 0.2) is 24.3 Å². The molecule has 0 heterocycles. The van der Waals surface area contributed by atoms with Crippen molar-refractivity contribution in [2.24, 2.45) is 11.1 Å². The van der Waals surface area contributed by atoms with E-state index in [2.05, 4.69) is 5.32 Å². The number of nitrogens with one attached hydrogen (secondary N) is 1. The number of amides is 2. The second-order valence-corrected chi connectivity index (χ2v) is 6.16. The number of nitrogens with zero attached hydrogens (tertiary/aromatic N) is 1. The molecule has 8 heteroatoms. The highest BCUT2D eigenvalue weighted by atomic mass is 19.4. The molecule has 5 nitrogen and oxygen atoms in total. The summed E-state index contributed by atoms with van der Waals surface area (Å²) in [6.07, 6.45) is -3.75. The first kappa shape index (κ1) is 22.0. The molecule has 1 aromatic rings. The van der Waals surface area contributed by atoms with Crippen molar-refractivity contribution >= 4 is 17.5 Å². The summed E-state index contributed by atoms with van der Waals surface area (Å²) in [5.74, 6) is -2.10. The maximum atomic E-state index is 12.6. The number of rotatable bonds is 8. The van der Waals surface area contributed by atoms with Crippen LogP contribution in [0.2, 0.25) is 0 Å². The Morgan fingerprint density at radius 3 is 2.23 bits per heavy atom. The van der Waals surface area contributed by atoms with Crippen molar-refractivity contribution < 1.29 is 22.8 Å². The van der Waals surface area contributed by atoms with Crippen molar-refractivity contribution in [2.45, 2.75) is 46.3 Å². The summed E-state index contributed by atoms with van der Waals surface area (Å²) in [5.41, 5.74) is 6.03. The summed E-state index contributed by atoms with van der Waals surface area (Å²) in [6.45, 7) is 5.18. The van der Waals surface area contributed by atoms with E-state index in [4.69, 9.17) is 5.73 Å². The fraction of sp³-hybridized carbons (Fsp3) is 0.556. The van der Waals surface area contributed by atoms with Crippen molar-refractivity contribution in [1.82, 2.24) is 4.90 Å². The Labute approximate surface area is 151 Å². The van der Waals surface area contributed by atoms with E-state index < -0.39 is 17.5 Å². The fourth-order valence-electron chi connectivity index (χ4n) is 2.69. The quantitative estimate of drug-likeness (QED) is 0.734. The first-order chi connectivity index (χ1) is 12.1. The molecular weight excluding hydrogens is 347 g/mol. The van der Waals surface area contributed by atoms with Gasteiger partial charge in [0.15, 0.2) is 0 Å². The van der Waals surface area contributed by atoms with Crippen LogP contribution in [0.5, 0.6) is 0 Å². The van der Waals surface area contributed by atoms with Crippen LogP contribution >= 0.6 is 0 Å². The minimum atomic E-state index is -4.91. The zero-order valence-electron chi connectivity index (χ0n) is 15.3. The third-order valence-electron chi connectivity index (χ3n) is 4.70. The Morgan fingerprint density at radius 1 is 1.15 bits per heavy atom. The van der Waals surface area contributed by atoms with E-state index in [1.807, 2.05) is 13.8 Å². The maximum Gasteiger partial charge on any atom is 0.471 e. The summed E-state index contributed by atoms with van der Waals surface area (Å²) < 4.78 is 37.9. The SMILES string of the molecule is CCN(Cc1cccc(NC(=O)C(CC)(CC)CN)c1)C(=O)C(F)(F)F. The van der Waals surface area contributed by atoms with E-state index in [0.29, 0.717) is 29.0 Å². The molecule has 0 spiro atoms. The number of nitrogens with two attached hydrogens (primary N) is 1. The van der Waals surface area contributed by atoms with Gasteiger partial charge in [0.1, 0.15) is 0 Å². The average molecular weight is 373 g/mol. The van der Waals surface area contributed by atoms with Gasteiger partial charge in [0.2, 0.25) is 5.91 Å². The van der Waals surface area contributed by atoms with Gasteiger partial charge in [0, 0.05) is 25.3 Å². The largest absolute Gasteiger partial charge is 0.471 e. The van der Waals surface area contributed by atoms with Gasteiger partial charge in [-0.3, -0.25) is 9.59 Å². The molecule has 1 rings (SSSR count). The van der Waals surface area contributed by atoms with Crippen molar-refractivity contribution in [3.8, 4) is 0 Å². The van der Waals surface area contributed by atoms with Crippen molar-refractivity contribution in [3.05, 3.63) is 29.8 Å². The third kappa shape index (κ3) is 5.20. The molecule has 0 aliphatic rings. The Balaban J connectivity index is 2.94. The summed E-state index contributed by atoms with van der Waals surface area (Å²) in [6, 6.07) is 6.45. The lowest BCUT2D eigenvalue weighted by Gasteiger charge is -2.28. The summed E-state index contributed by atoms with van der Waals surface area (Å²) >= 11 is 0. The molecule has 0 saturated carbocycles. The molecule has 0 bridgehead atoms. The molecule has 0 unspecified atom stereocenters. The molecule has 0 aliphatic heterocycles. The average Bonchev–Trinajstić information content (AvgIpc) is 2.60. The number of alkyl halides is 3. The molecule has 0 radical (unpaired) electrons. The Bertz CT molecular complexity index is 620. The van der Waals surface area contributed by atoms with Crippen LogP contribution in [0, 0.1) is 5.41 Å². The highest BCUT2D eigenvalue weighted by molar-refractivity contribution is 5.95. The number of hydrogen-bond donors (Lipinski definition) is 2. The van der Waals surface area contributed by atoms with Gasteiger partial charge in [0.25, 0.3) is 0 Å². The molecule has 146 valence electrons. The number of carbonyl (C=O) groups is 2. The maximum absolute atomic E-state index is 12.6. The molecule has 0 atom stereocenters. The first-order valence-corrected chi connectivity index (χ1v) is 8.60. The first-order valence-electron chi connectivity index (χ1n) is 8.60. The summed E-state index contributed by atoms with van der Waals surface area (Å²) in [4.78, 5) is 24.7. The summed E-state index contributed by atoms with van der Waals surface area (Å²) in [5, 5.41) is 2.78. The van der Waals surface area contributed by atoms with E-state index >= 15 is 0 Å². The Morgan fingerprint density at radius 2 is 1.77 bits per heavy atom. The fourth-order valence-corrected chi connectivity index (χ4v) is 2.69. The highest BCUT2D eigenvalue weighted by Gasteiger charge is 2.42. The molecule has 26 heavy (non-hydrogen) atoms. The normalized spacial score (nSPS) is 12.0. The number of anilines is 1. The number of carbonyl (C=O) groups excluding carboxylic acids is 2. The van der Waals surface area contributed by atoms with Crippen molar-refractivity contribution in [2.75, 3.05) is 18.4 Å². The molecule has 0 fully saturated rings. The van der Waals surface area contributed by atoms with Gasteiger partial charge in [-0.2, -0.15) is 13.2 Å². The molecule has 0 aliphatic carbocycles. The van der Waals surface area contributed by atoms with Gasteiger partial charge in [-0.25, -0.2) is 0 Å². The molecule has 2 amide bonds. The van der Waals surface area contributed by atoms with Crippen LogP contribution in [0.1, 0.15) is 39.2 Å². The van der Waals surface area contributed by atoms with Crippen LogP contribution in [0.25, 0.3) is 0 Å². The highest BCUT2D eigenvalue weighted by Crippen LogP contribution is 2.27. The number of halogens is 3. The zero-order valence-corrected chi connectivity index (χ0v) is 15.3. The van der Waals surface area contributed by atoms with Crippen LogP contribution in [0.3, 0.4) is 0 Å². The van der Waals surface area contributed by atoms with E-state index in [1.54, 1.807) is 24.3 Å². The van der Waals surface area contributed by atoms with Gasteiger partial charge in [-0.1, -0.05) is 26.0 Å².